The Bertz CT molecular complexity index is 462. The van der Waals surface area contributed by atoms with Gasteiger partial charge in [-0.05, 0) is 19.3 Å². The molecule has 1 aromatic heterocycles. The molecular formula is C13H19N3O4. The summed E-state index contributed by atoms with van der Waals surface area (Å²) in [5.41, 5.74) is 0.268. The van der Waals surface area contributed by atoms with E-state index < -0.39 is 17.6 Å². The quantitative estimate of drug-likeness (QED) is 0.674. The minimum absolute atomic E-state index is 0.182. The Kier molecular flexibility index (Phi) is 4.39. The summed E-state index contributed by atoms with van der Waals surface area (Å²) in [4.78, 5) is 29.8. The summed E-state index contributed by atoms with van der Waals surface area (Å²) in [5.74, 6) is -1.36. The summed E-state index contributed by atoms with van der Waals surface area (Å²) < 4.78 is 5.37. The number of carboxylic acid groups (broad SMARTS) is 1. The second-order valence-corrected chi connectivity index (χ2v) is 5.16. The van der Waals surface area contributed by atoms with E-state index in [0.717, 1.165) is 19.3 Å². The van der Waals surface area contributed by atoms with Crippen LogP contribution in [-0.4, -0.2) is 45.7 Å². The van der Waals surface area contributed by atoms with E-state index in [2.05, 4.69) is 15.3 Å². The average Bonchev–Trinajstić information content (AvgIpc) is 2.86. The Balaban J connectivity index is 1.90. The number of amides is 1. The Morgan fingerprint density at radius 3 is 2.80 bits per heavy atom. The summed E-state index contributed by atoms with van der Waals surface area (Å²) in [6.07, 6.45) is 6.13. The van der Waals surface area contributed by atoms with Gasteiger partial charge in [-0.1, -0.05) is 0 Å². The number of carboxylic acids is 1. The second-order valence-electron chi connectivity index (χ2n) is 5.16. The third-order valence-corrected chi connectivity index (χ3v) is 3.79. The molecule has 1 atom stereocenters. The highest BCUT2D eigenvalue weighted by atomic mass is 16.5. The molecule has 0 spiro atoms. The number of imidazole rings is 1. The van der Waals surface area contributed by atoms with Gasteiger partial charge < -0.3 is 20.1 Å². The zero-order chi connectivity index (χ0) is 14.6. The Labute approximate surface area is 116 Å². The number of carbonyl (C=O) groups is 2. The number of carbonyl (C=O) groups excluding carboxylic acids is 1. The average molecular weight is 281 g/mol. The van der Waals surface area contributed by atoms with Crippen LogP contribution in [0.15, 0.2) is 12.5 Å². The van der Waals surface area contributed by atoms with Crippen molar-refractivity contribution in [2.24, 2.45) is 0 Å². The van der Waals surface area contributed by atoms with Crippen LogP contribution in [0.4, 0.5) is 0 Å². The van der Waals surface area contributed by atoms with Crippen molar-refractivity contribution in [3.63, 3.8) is 0 Å². The van der Waals surface area contributed by atoms with Gasteiger partial charge in [-0.15, -0.1) is 0 Å². The zero-order valence-electron chi connectivity index (χ0n) is 11.4. The van der Waals surface area contributed by atoms with Gasteiger partial charge in [-0.2, -0.15) is 0 Å². The van der Waals surface area contributed by atoms with Gasteiger partial charge in [-0.25, -0.2) is 9.78 Å². The zero-order valence-corrected chi connectivity index (χ0v) is 11.4. The molecule has 1 saturated carbocycles. The lowest BCUT2D eigenvalue weighted by atomic mass is 9.77. The largest absolute Gasteiger partial charge is 0.480 e. The topological polar surface area (TPSA) is 104 Å². The molecule has 0 aromatic carbocycles. The van der Waals surface area contributed by atoms with E-state index in [0.29, 0.717) is 5.69 Å². The third kappa shape index (κ3) is 3.36. The Morgan fingerprint density at radius 1 is 1.60 bits per heavy atom. The molecule has 2 rings (SSSR count). The van der Waals surface area contributed by atoms with Crippen molar-refractivity contribution in [2.75, 3.05) is 7.11 Å². The molecule has 1 aliphatic carbocycles. The van der Waals surface area contributed by atoms with Crippen molar-refractivity contribution in [3.8, 4) is 0 Å². The van der Waals surface area contributed by atoms with Gasteiger partial charge in [-0.3, -0.25) is 4.79 Å². The fourth-order valence-corrected chi connectivity index (χ4v) is 2.38. The normalized spacial score (nSPS) is 18.1. The van der Waals surface area contributed by atoms with Crippen molar-refractivity contribution >= 4 is 11.9 Å². The van der Waals surface area contributed by atoms with Crippen LogP contribution in [0.5, 0.6) is 0 Å². The van der Waals surface area contributed by atoms with Crippen LogP contribution in [0.1, 0.15) is 31.4 Å². The number of hydrogen-bond donors (Lipinski definition) is 3. The third-order valence-electron chi connectivity index (χ3n) is 3.79. The van der Waals surface area contributed by atoms with E-state index in [-0.39, 0.29) is 18.7 Å². The predicted octanol–water partition coefficient (Wildman–Crippen LogP) is 0.481. The molecule has 0 bridgehead atoms. The first-order chi connectivity index (χ1) is 9.54. The van der Waals surface area contributed by atoms with Crippen LogP contribution in [0.25, 0.3) is 0 Å². The number of methoxy groups -OCH3 is 1. The monoisotopic (exact) mass is 281 g/mol. The summed E-state index contributed by atoms with van der Waals surface area (Å²) in [5, 5.41) is 11.7. The minimum Gasteiger partial charge on any atom is -0.480 e. The van der Waals surface area contributed by atoms with Crippen molar-refractivity contribution < 1.29 is 19.4 Å². The van der Waals surface area contributed by atoms with Crippen molar-refractivity contribution in [2.45, 2.75) is 43.7 Å². The molecule has 7 heteroatoms. The number of nitrogens with zero attached hydrogens (tertiary/aromatic N) is 1. The van der Waals surface area contributed by atoms with Gasteiger partial charge in [0.25, 0.3) is 0 Å². The van der Waals surface area contributed by atoms with Gasteiger partial charge >= 0.3 is 5.97 Å². The summed E-state index contributed by atoms with van der Waals surface area (Å²) in [6, 6.07) is -0.961. The highest BCUT2D eigenvalue weighted by Gasteiger charge is 2.39. The lowest BCUT2D eigenvalue weighted by Gasteiger charge is -2.40. The van der Waals surface area contributed by atoms with Crippen LogP contribution < -0.4 is 5.32 Å². The fourth-order valence-electron chi connectivity index (χ4n) is 2.38. The summed E-state index contributed by atoms with van der Waals surface area (Å²) in [7, 11) is 1.59. The number of H-pyrrole nitrogens is 1. The number of rotatable bonds is 7. The van der Waals surface area contributed by atoms with E-state index in [1.54, 1.807) is 13.3 Å². The molecule has 1 fully saturated rings. The lowest BCUT2D eigenvalue weighted by molar-refractivity contribution is -0.144. The van der Waals surface area contributed by atoms with Crippen LogP contribution in [-0.2, 0) is 20.7 Å². The number of hydrogen-bond acceptors (Lipinski definition) is 4. The van der Waals surface area contributed by atoms with Crippen LogP contribution in [0, 0.1) is 0 Å². The van der Waals surface area contributed by atoms with Crippen molar-refractivity contribution in [3.05, 3.63) is 18.2 Å². The molecule has 0 radical (unpaired) electrons. The number of aromatic nitrogens is 2. The number of nitrogens with one attached hydrogen (secondary N) is 2. The van der Waals surface area contributed by atoms with E-state index >= 15 is 0 Å². The highest BCUT2D eigenvalue weighted by Crippen LogP contribution is 2.37. The Morgan fingerprint density at radius 2 is 2.35 bits per heavy atom. The van der Waals surface area contributed by atoms with E-state index in [1.165, 1.54) is 6.33 Å². The number of ether oxygens (including phenoxy) is 1. The van der Waals surface area contributed by atoms with Gasteiger partial charge in [0.2, 0.25) is 5.91 Å². The maximum atomic E-state index is 12.0. The first-order valence-electron chi connectivity index (χ1n) is 6.59. The fraction of sp³-hybridized carbons (Fsp3) is 0.615. The number of aliphatic carboxylic acids is 1. The maximum absolute atomic E-state index is 12.0. The molecule has 20 heavy (non-hydrogen) atoms. The summed E-state index contributed by atoms with van der Waals surface area (Å²) >= 11 is 0. The maximum Gasteiger partial charge on any atom is 0.326 e. The minimum atomic E-state index is -1.06. The summed E-state index contributed by atoms with van der Waals surface area (Å²) in [6.45, 7) is 0. The molecule has 1 aliphatic rings. The molecule has 110 valence electrons. The van der Waals surface area contributed by atoms with Crippen LogP contribution in [0.2, 0.25) is 0 Å². The lowest BCUT2D eigenvalue weighted by Crippen LogP contribution is -2.48. The highest BCUT2D eigenvalue weighted by molar-refractivity contribution is 5.84. The second kappa shape index (κ2) is 6.04. The van der Waals surface area contributed by atoms with E-state index in [4.69, 9.17) is 9.84 Å². The van der Waals surface area contributed by atoms with Gasteiger partial charge in [0.05, 0.1) is 18.3 Å². The predicted molar refractivity (Wildman–Crippen MR) is 70.1 cm³/mol. The molecule has 1 heterocycles. The molecule has 0 unspecified atom stereocenters. The van der Waals surface area contributed by atoms with Crippen molar-refractivity contribution in [1.82, 2.24) is 15.3 Å². The van der Waals surface area contributed by atoms with Crippen LogP contribution >= 0.6 is 0 Å². The van der Waals surface area contributed by atoms with E-state index in [1.807, 2.05) is 0 Å². The van der Waals surface area contributed by atoms with Gasteiger partial charge in [0, 0.05) is 25.4 Å². The molecule has 0 aliphatic heterocycles. The molecule has 1 amide bonds. The SMILES string of the molecule is COC1(CC(=O)N[C@@H](Cc2cnc[nH]2)C(=O)O)CCC1. The van der Waals surface area contributed by atoms with Crippen LogP contribution in [0.3, 0.4) is 0 Å². The first-order valence-corrected chi connectivity index (χ1v) is 6.59. The van der Waals surface area contributed by atoms with Gasteiger partial charge in [0.15, 0.2) is 0 Å². The first kappa shape index (κ1) is 14.5. The molecule has 3 N–H and O–H groups in total. The standard InChI is InChI=1S/C13H19N3O4/c1-20-13(3-2-4-13)6-11(17)16-10(12(18)19)5-9-7-14-8-15-9/h7-8,10H,2-6H2,1H3,(H,14,15)(H,16,17)(H,18,19)/t10-/m0/s1. The number of aromatic amines is 1. The molecule has 1 aromatic rings. The smallest absolute Gasteiger partial charge is 0.326 e. The molecule has 0 saturated heterocycles. The van der Waals surface area contributed by atoms with Crippen molar-refractivity contribution in [1.29, 1.82) is 0 Å². The molecule has 7 nitrogen and oxygen atoms in total. The molecular weight excluding hydrogens is 262 g/mol. The van der Waals surface area contributed by atoms with E-state index in [9.17, 15) is 9.59 Å². The van der Waals surface area contributed by atoms with Gasteiger partial charge in [0.1, 0.15) is 6.04 Å². The Hall–Kier alpha value is -1.89.